The molecule has 0 saturated carbocycles. The summed E-state index contributed by atoms with van der Waals surface area (Å²) in [7, 11) is 0. The maximum atomic E-state index is 12.5. The van der Waals surface area contributed by atoms with Gasteiger partial charge in [0.25, 0.3) is 11.8 Å². The summed E-state index contributed by atoms with van der Waals surface area (Å²) in [6.07, 6.45) is -0.681. The molecule has 0 aliphatic carbocycles. The summed E-state index contributed by atoms with van der Waals surface area (Å²) in [5, 5.41) is 5.79. The van der Waals surface area contributed by atoms with Crippen LogP contribution < -0.4 is 15.4 Å². The van der Waals surface area contributed by atoms with E-state index in [2.05, 4.69) is 10.6 Å². The average molecular weight is 402 g/mol. The molecule has 0 bridgehead atoms. The highest BCUT2D eigenvalue weighted by molar-refractivity contribution is 6.04. The van der Waals surface area contributed by atoms with E-state index in [0.29, 0.717) is 11.3 Å². The first-order valence-electron chi connectivity index (χ1n) is 9.85. The van der Waals surface area contributed by atoms with E-state index in [1.807, 2.05) is 63.2 Å². The second-order valence-corrected chi connectivity index (χ2v) is 7.36. The van der Waals surface area contributed by atoms with Crippen LogP contribution in [0.5, 0.6) is 5.75 Å². The van der Waals surface area contributed by atoms with Gasteiger partial charge in [-0.3, -0.25) is 9.59 Å². The number of amides is 2. The number of ether oxygens (including phenoxy) is 1. The van der Waals surface area contributed by atoms with Crippen molar-refractivity contribution in [2.45, 2.75) is 33.8 Å². The smallest absolute Gasteiger partial charge is 0.265 e. The molecule has 0 radical (unpaired) electrons. The van der Waals surface area contributed by atoms with E-state index in [9.17, 15) is 9.59 Å². The molecule has 30 heavy (non-hydrogen) atoms. The average Bonchev–Trinajstić information content (AvgIpc) is 2.72. The Labute approximate surface area is 177 Å². The number of para-hydroxylation sites is 1. The van der Waals surface area contributed by atoms with Crippen molar-refractivity contribution in [1.82, 2.24) is 0 Å². The molecule has 3 rings (SSSR count). The lowest BCUT2D eigenvalue weighted by Crippen LogP contribution is -2.30. The Morgan fingerprint density at radius 1 is 0.800 bits per heavy atom. The van der Waals surface area contributed by atoms with Crippen molar-refractivity contribution in [3.05, 3.63) is 89.0 Å². The third-order valence-electron chi connectivity index (χ3n) is 4.83. The molecule has 2 N–H and O–H groups in total. The van der Waals surface area contributed by atoms with Gasteiger partial charge in [0.15, 0.2) is 6.10 Å². The molecule has 0 saturated heterocycles. The van der Waals surface area contributed by atoms with Gasteiger partial charge in [0.1, 0.15) is 5.75 Å². The van der Waals surface area contributed by atoms with Crippen LogP contribution in [0.1, 0.15) is 34.0 Å². The Hall–Kier alpha value is -3.60. The van der Waals surface area contributed by atoms with E-state index in [1.165, 1.54) is 0 Å². The third-order valence-corrected chi connectivity index (χ3v) is 4.83. The van der Waals surface area contributed by atoms with Gasteiger partial charge in [-0.05, 0) is 75.2 Å². The highest BCUT2D eigenvalue weighted by Crippen LogP contribution is 2.19. The maximum absolute atomic E-state index is 12.5. The van der Waals surface area contributed by atoms with Crippen molar-refractivity contribution in [3.8, 4) is 5.75 Å². The second-order valence-electron chi connectivity index (χ2n) is 7.36. The van der Waals surface area contributed by atoms with Crippen molar-refractivity contribution in [3.63, 3.8) is 0 Å². The first-order valence-corrected chi connectivity index (χ1v) is 9.85. The van der Waals surface area contributed by atoms with Gasteiger partial charge < -0.3 is 15.4 Å². The summed E-state index contributed by atoms with van der Waals surface area (Å²) >= 11 is 0. The number of anilines is 2. The quantitative estimate of drug-likeness (QED) is 0.590. The fourth-order valence-corrected chi connectivity index (χ4v) is 3.04. The van der Waals surface area contributed by atoms with E-state index in [-0.39, 0.29) is 11.8 Å². The molecule has 0 aliphatic heterocycles. The molecule has 0 aromatic heterocycles. The molecule has 1 atom stereocenters. The minimum atomic E-state index is -0.681. The van der Waals surface area contributed by atoms with Gasteiger partial charge in [-0.2, -0.15) is 0 Å². The fourth-order valence-electron chi connectivity index (χ4n) is 3.04. The van der Waals surface area contributed by atoms with Gasteiger partial charge in [0.2, 0.25) is 0 Å². The molecule has 0 heterocycles. The van der Waals surface area contributed by atoms with Crippen LogP contribution >= 0.6 is 0 Å². The number of hydrogen-bond donors (Lipinski definition) is 2. The molecule has 0 aliphatic rings. The highest BCUT2D eigenvalue weighted by Gasteiger charge is 2.16. The Kier molecular flexibility index (Phi) is 6.52. The molecule has 5 heteroatoms. The van der Waals surface area contributed by atoms with Gasteiger partial charge in [-0.15, -0.1) is 0 Å². The molecular formula is C25H26N2O3. The Bertz CT molecular complexity index is 1060. The number of benzene rings is 3. The summed E-state index contributed by atoms with van der Waals surface area (Å²) in [6.45, 7) is 7.60. The van der Waals surface area contributed by atoms with E-state index in [4.69, 9.17) is 4.74 Å². The van der Waals surface area contributed by atoms with Crippen LogP contribution in [0.3, 0.4) is 0 Å². The first-order chi connectivity index (χ1) is 14.3. The first kappa shape index (κ1) is 21.1. The predicted octanol–water partition coefficient (Wildman–Crippen LogP) is 5.27. The van der Waals surface area contributed by atoms with Crippen LogP contribution in [0.25, 0.3) is 0 Å². The zero-order valence-corrected chi connectivity index (χ0v) is 17.7. The Balaban J connectivity index is 1.60. The second kappa shape index (κ2) is 9.27. The van der Waals surface area contributed by atoms with Gasteiger partial charge >= 0.3 is 0 Å². The molecule has 3 aromatic carbocycles. The molecule has 0 spiro atoms. The normalized spacial score (nSPS) is 11.5. The number of carbonyl (C=O) groups excluding carboxylic acids is 2. The molecule has 2 amide bonds. The Morgan fingerprint density at radius 3 is 2.13 bits per heavy atom. The number of rotatable bonds is 6. The summed E-state index contributed by atoms with van der Waals surface area (Å²) < 4.78 is 5.73. The van der Waals surface area contributed by atoms with Crippen LogP contribution in [0.15, 0.2) is 66.7 Å². The third kappa shape index (κ3) is 5.26. The van der Waals surface area contributed by atoms with Crippen molar-refractivity contribution < 1.29 is 14.3 Å². The highest BCUT2D eigenvalue weighted by atomic mass is 16.5. The zero-order valence-electron chi connectivity index (χ0n) is 17.7. The minimum Gasteiger partial charge on any atom is -0.481 e. The summed E-state index contributed by atoms with van der Waals surface area (Å²) in [6, 6.07) is 20.2. The van der Waals surface area contributed by atoms with Crippen LogP contribution in [-0.4, -0.2) is 17.9 Å². The summed E-state index contributed by atoms with van der Waals surface area (Å²) in [5.74, 6) is 0.0883. The predicted molar refractivity (Wildman–Crippen MR) is 120 cm³/mol. The largest absolute Gasteiger partial charge is 0.481 e. The van der Waals surface area contributed by atoms with E-state index < -0.39 is 6.10 Å². The maximum Gasteiger partial charge on any atom is 0.265 e. The molecule has 5 nitrogen and oxygen atoms in total. The number of nitrogens with one attached hydrogen (secondary N) is 2. The molecule has 0 fully saturated rings. The van der Waals surface area contributed by atoms with Crippen molar-refractivity contribution in [2.75, 3.05) is 10.6 Å². The lowest BCUT2D eigenvalue weighted by molar-refractivity contribution is -0.122. The monoisotopic (exact) mass is 402 g/mol. The summed E-state index contributed by atoms with van der Waals surface area (Å²) in [4.78, 5) is 24.9. The van der Waals surface area contributed by atoms with Crippen molar-refractivity contribution >= 4 is 23.2 Å². The van der Waals surface area contributed by atoms with Crippen molar-refractivity contribution in [1.29, 1.82) is 0 Å². The minimum absolute atomic E-state index is 0.196. The van der Waals surface area contributed by atoms with E-state index in [1.54, 1.807) is 31.2 Å². The van der Waals surface area contributed by atoms with Gasteiger partial charge in [0, 0.05) is 16.9 Å². The number of carbonyl (C=O) groups is 2. The molecule has 3 aromatic rings. The fraction of sp³-hybridized carbons (Fsp3) is 0.200. The number of hydrogen-bond acceptors (Lipinski definition) is 3. The molecular weight excluding hydrogens is 376 g/mol. The topological polar surface area (TPSA) is 67.4 Å². The molecule has 154 valence electrons. The van der Waals surface area contributed by atoms with Crippen LogP contribution in [0.4, 0.5) is 11.4 Å². The zero-order chi connectivity index (χ0) is 21.7. The van der Waals surface area contributed by atoms with Gasteiger partial charge in [0.05, 0.1) is 0 Å². The standard InChI is InChI=1S/C25H26N2O3/c1-16-9-14-23(18(3)15-16)27-25(29)20-10-12-21(13-11-20)30-19(4)24(28)26-22-8-6-5-7-17(22)2/h5-15,19H,1-4H3,(H,26,28)(H,27,29)/t19-/m0/s1. The lowest BCUT2D eigenvalue weighted by atomic mass is 10.1. The van der Waals surface area contributed by atoms with Crippen LogP contribution in [0.2, 0.25) is 0 Å². The van der Waals surface area contributed by atoms with Crippen LogP contribution in [0, 0.1) is 20.8 Å². The SMILES string of the molecule is Cc1ccc(NC(=O)c2ccc(O[C@@H](C)C(=O)Nc3ccccc3C)cc2)c(C)c1. The van der Waals surface area contributed by atoms with Crippen LogP contribution in [-0.2, 0) is 4.79 Å². The van der Waals surface area contributed by atoms with Gasteiger partial charge in [-0.1, -0.05) is 35.9 Å². The summed E-state index contributed by atoms with van der Waals surface area (Å²) in [5.41, 5.74) is 5.20. The van der Waals surface area contributed by atoms with E-state index >= 15 is 0 Å². The molecule has 0 unspecified atom stereocenters. The Morgan fingerprint density at radius 2 is 1.47 bits per heavy atom. The van der Waals surface area contributed by atoms with Gasteiger partial charge in [-0.25, -0.2) is 0 Å². The number of aryl methyl sites for hydroxylation is 3. The van der Waals surface area contributed by atoms with E-state index in [0.717, 1.165) is 28.1 Å². The lowest BCUT2D eigenvalue weighted by Gasteiger charge is -2.16. The van der Waals surface area contributed by atoms with Crippen molar-refractivity contribution in [2.24, 2.45) is 0 Å².